The molecule has 0 aliphatic carbocycles. The Morgan fingerprint density at radius 3 is 2.04 bits per heavy atom. The van der Waals surface area contributed by atoms with Crippen molar-refractivity contribution in [1.82, 2.24) is 14.9 Å². The molecule has 2 aliphatic heterocycles. The van der Waals surface area contributed by atoms with E-state index in [2.05, 4.69) is 53.1 Å². The smallest absolute Gasteiger partial charge is 0.407 e. The van der Waals surface area contributed by atoms with Gasteiger partial charge in [0.1, 0.15) is 11.9 Å². The molecular formula is C44H55N3O8S. The van der Waals surface area contributed by atoms with Gasteiger partial charge < -0.3 is 29.4 Å². The average Bonchev–Trinajstić information content (AvgIpc) is 3.82. The first-order valence-electron chi connectivity index (χ1n) is 19.4. The number of rotatable bonds is 19. The Balaban J connectivity index is 1.24. The molecule has 2 fully saturated rings. The molecule has 1 amide bonds. The normalized spacial score (nSPS) is 19.9. The van der Waals surface area contributed by atoms with Crippen molar-refractivity contribution in [3.8, 4) is 5.75 Å². The van der Waals surface area contributed by atoms with Crippen molar-refractivity contribution in [3.05, 3.63) is 132 Å². The van der Waals surface area contributed by atoms with Gasteiger partial charge in [0, 0.05) is 13.1 Å². The maximum Gasteiger partial charge on any atom is 0.407 e. The molecule has 11 nitrogen and oxygen atoms in total. The van der Waals surface area contributed by atoms with Crippen molar-refractivity contribution in [2.24, 2.45) is 11.3 Å². The first-order valence-corrected chi connectivity index (χ1v) is 20.9. The van der Waals surface area contributed by atoms with Crippen molar-refractivity contribution >= 4 is 16.1 Å². The van der Waals surface area contributed by atoms with Gasteiger partial charge in [-0.2, -0.15) is 0 Å². The van der Waals surface area contributed by atoms with E-state index < -0.39 is 52.1 Å². The van der Waals surface area contributed by atoms with Crippen LogP contribution in [0.15, 0.2) is 120 Å². The highest BCUT2D eigenvalue weighted by Crippen LogP contribution is 2.34. The number of aliphatic hydroxyl groups is 1. The van der Waals surface area contributed by atoms with Gasteiger partial charge in [0.2, 0.25) is 10.0 Å². The zero-order chi connectivity index (χ0) is 39.5. The van der Waals surface area contributed by atoms with Gasteiger partial charge in [0.05, 0.1) is 49.3 Å². The van der Waals surface area contributed by atoms with Gasteiger partial charge in [-0.1, -0.05) is 105 Å². The maximum atomic E-state index is 14.0. The van der Waals surface area contributed by atoms with Crippen molar-refractivity contribution < 1.29 is 37.3 Å². The van der Waals surface area contributed by atoms with E-state index in [9.17, 15) is 18.3 Å². The monoisotopic (exact) mass is 785 g/mol. The lowest BCUT2D eigenvalue weighted by molar-refractivity contribution is -0.0907. The van der Waals surface area contributed by atoms with Crippen molar-refractivity contribution in [3.63, 3.8) is 0 Å². The Hall–Kier alpha value is -4.30. The number of benzene rings is 4. The van der Waals surface area contributed by atoms with Crippen LogP contribution in [0.5, 0.6) is 5.75 Å². The van der Waals surface area contributed by atoms with Gasteiger partial charge in [-0.3, -0.25) is 4.90 Å². The lowest BCUT2D eigenvalue weighted by Gasteiger charge is -2.37. The zero-order valence-electron chi connectivity index (χ0n) is 32.5. The van der Waals surface area contributed by atoms with Crippen molar-refractivity contribution in [2.45, 2.75) is 88.1 Å². The molecule has 0 bridgehead atoms. The van der Waals surface area contributed by atoms with Gasteiger partial charge in [0.25, 0.3) is 0 Å². The Morgan fingerprint density at radius 1 is 0.857 bits per heavy atom. The van der Waals surface area contributed by atoms with Gasteiger partial charge >= 0.3 is 6.09 Å². The fourth-order valence-electron chi connectivity index (χ4n) is 7.59. The highest BCUT2D eigenvalue weighted by molar-refractivity contribution is 7.89. The zero-order valence-corrected chi connectivity index (χ0v) is 33.3. The van der Waals surface area contributed by atoms with Crippen LogP contribution in [0, 0.1) is 11.3 Å². The lowest BCUT2D eigenvalue weighted by atomic mass is 9.79. The molecule has 4 aromatic rings. The third kappa shape index (κ3) is 11.6. The van der Waals surface area contributed by atoms with E-state index in [1.54, 1.807) is 12.1 Å². The Morgan fingerprint density at radius 2 is 1.45 bits per heavy atom. The Kier molecular flexibility index (Phi) is 14.2. The fraction of sp³-hybridized carbons (Fsp3) is 0.432. The summed E-state index contributed by atoms with van der Waals surface area (Å²) in [4.78, 5) is 16.0. The molecular weight excluding hydrogens is 731 g/mol. The van der Waals surface area contributed by atoms with Crippen LogP contribution in [-0.2, 0) is 43.7 Å². The quantitative estimate of drug-likeness (QED) is 0.100. The number of sulfonamides is 1. The Bertz CT molecular complexity index is 1870. The molecule has 300 valence electrons. The van der Waals surface area contributed by atoms with E-state index >= 15 is 0 Å². The summed E-state index contributed by atoms with van der Waals surface area (Å²) in [6.45, 7) is 7.14. The summed E-state index contributed by atoms with van der Waals surface area (Å²) < 4.78 is 53.3. The first kappa shape index (κ1) is 41.3. The minimum absolute atomic E-state index is 0.0340. The lowest BCUT2D eigenvalue weighted by Crippen LogP contribution is -2.56. The number of amides is 1. The first-order chi connectivity index (χ1) is 27.0. The van der Waals surface area contributed by atoms with Crippen molar-refractivity contribution in [1.29, 1.82) is 0 Å². The summed E-state index contributed by atoms with van der Waals surface area (Å²) in [6, 6.07) is 34.3. The molecule has 4 aromatic carbocycles. The molecule has 0 saturated carbocycles. The largest absolute Gasteiger partial charge is 0.497 e. The highest BCUT2D eigenvalue weighted by atomic mass is 32.2. The molecule has 1 unspecified atom stereocenters. The topological polar surface area (TPSA) is 136 Å². The molecule has 56 heavy (non-hydrogen) atoms. The second kappa shape index (κ2) is 19.2. The van der Waals surface area contributed by atoms with Crippen LogP contribution in [0.1, 0.15) is 49.8 Å². The van der Waals surface area contributed by atoms with E-state index in [1.165, 1.54) is 30.4 Å². The van der Waals surface area contributed by atoms with Crippen LogP contribution < -0.4 is 14.8 Å². The fourth-order valence-corrected chi connectivity index (χ4v) is 8.84. The van der Waals surface area contributed by atoms with Crippen molar-refractivity contribution in [2.75, 3.05) is 26.9 Å². The van der Waals surface area contributed by atoms with Crippen LogP contribution in [-0.4, -0.2) is 82.0 Å². The number of carbonyl (C=O) groups excluding carboxylic acids is 1. The molecule has 0 aromatic heterocycles. The summed E-state index contributed by atoms with van der Waals surface area (Å²) in [6.07, 6.45) is -1.02. The van der Waals surface area contributed by atoms with Crippen LogP contribution in [0.2, 0.25) is 0 Å². The number of alkyl carbamates (subject to hydrolysis) is 1. The number of carbonyl (C=O) groups is 1. The summed E-state index contributed by atoms with van der Waals surface area (Å²) in [7, 11) is -2.61. The van der Waals surface area contributed by atoms with Gasteiger partial charge in [0.15, 0.2) is 6.29 Å². The molecule has 6 atom stereocenters. The average molecular weight is 786 g/mol. The third-order valence-electron chi connectivity index (χ3n) is 10.7. The number of hydrogen-bond acceptors (Lipinski definition) is 9. The van der Waals surface area contributed by atoms with E-state index in [0.717, 1.165) is 31.6 Å². The molecule has 12 heteroatoms. The molecule has 2 heterocycles. The highest BCUT2D eigenvalue weighted by Gasteiger charge is 2.44. The third-order valence-corrected chi connectivity index (χ3v) is 12.2. The number of hydrogen-bond donors (Lipinski definition) is 3. The Labute approximate surface area is 331 Å². The molecule has 2 saturated heterocycles. The second-order valence-electron chi connectivity index (χ2n) is 15.6. The standard InChI is InChI=1S/C44H55N3O8S/c1-44(2,24-25-47(29-33-15-9-5-10-16-33)30-34-17-11-6-12-18-34)28-39(46-56(50,51)36-21-19-35(52-3)20-22-36)41(48)38(27-32-13-7-4-8-14-32)45-43(49)55-40-31-54-42-37(40)23-26-53-42/h4-22,37-42,46,48H,23-31H2,1-3H3,(H,45,49)/t37-,38-,39?,40-,41+,42+/m0/s1. The van der Waals surface area contributed by atoms with Crippen LogP contribution in [0.25, 0.3) is 0 Å². The summed E-state index contributed by atoms with van der Waals surface area (Å²) in [5.41, 5.74) is 2.79. The maximum absolute atomic E-state index is 14.0. The van der Waals surface area contributed by atoms with E-state index in [0.29, 0.717) is 18.8 Å². The van der Waals surface area contributed by atoms with Gasteiger partial charge in [-0.15, -0.1) is 0 Å². The minimum Gasteiger partial charge on any atom is -0.497 e. The molecule has 2 aliphatic rings. The number of methoxy groups -OCH3 is 1. The number of nitrogens with zero attached hydrogens (tertiary/aromatic N) is 1. The minimum atomic E-state index is -4.13. The number of nitrogens with one attached hydrogen (secondary N) is 2. The van der Waals surface area contributed by atoms with E-state index in [1.807, 2.05) is 66.7 Å². The SMILES string of the molecule is COc1ccc(S(=O)(=O)NC(CC(C)(C)CCN(Cc2ccccc2)Cc2ccccc2)[C@H](O)[C@H](Cc2ccccc2)NC(=O)O[C@H]2CO[C@H]3OCC[C@H]32)cc1. The van der Waals surface area contributed by atoms with Crippen LogP contribution >= 0.6 is 0 Å². The molecule has 3 N–H and O–H groups in total. The number of ether oxygens (including phenoxy) is 4. The predicted octanol–water partition coefficient (Wildman–Crippen LogP) is 6.31. The van der Waals surface area contributed by atoms with Crippen LogP contribution in [0.4, 0.5) is 4.79 Å². The summed E-state index contributed by atoms with van der Waals surface area (Å²) in [5.74, 6) is 0.456. The molecule has 0 radical (unpaired) electrons. The van der Waals surface area contributed by atoms with Crippen LogP contribution in [0.3, 0.4) is 0 Å². The summed E-state index contributed by atoms with van der Waals surface area (Å²) >= 11 is 0. The molecule has 0 spiro atoms. The van der Waals surface area contributed by atoms with E-state index in [-0.39, 0.29) is 30.3 Å². The van der Waals surface area contributed by atoms with E-state index in [4.69, 9.17) is 18.9 Å². The molecule has 6 rings (SSSR count). The predicted molar refractivity (Wildman–Crippen MR) is 214 cm³/mol. The van der Waals surface area contributed by atoms with Gasteiger partial charge in [-0.25, -0.2) is 17.9 Å². The second-order valence-corrected chi connectivity index (χ2v) is 17.3. The van der Waals surface area contributed by atoms with Gasteiger partial charge in [-0.05, 0) is 78.6 Å². The summed E-state index contributed by atoms with van der Waals surface area (Å²) in [5, 5.41) is 15.3. The number of fused-ring (bicyclic) bond motifs is 1. The number of aliphatic hydroxyl groups excluding tert-OH is 1.